The summed E-state index contributed by atoms with van der Waals surface area (Å²) in [5.41, 5.74) is 1.35. The fourth-order valence-corrected chi connectivity index (χ4v) is 2.61. The summed E-state index contributed by atoms with van der Waals surface area (Å²) in [6.07, 6.45) is 0. The van der Waals surface area contributed by atoms with Crippen molar-refractivity contribution in [2.45, 2.75) is 13.0 Å². The van der Waals surface area contributed by atoms with Crippen molar-refractivity contribution < 1.29 is 14.6 Å². The lowest BCUT2D eigenvalue weighted by atomic mass is 10.1. The molecule has 0 amide bonds. The monoisotopic (exact) mass is 268 g/mol. The van der Waals surface area contributed by atoms with Crippen LogP contribution in [0.15, 0.2) is 0 Å². The number of carboxylic acid groups (broad SMARTS) is 1. The molecule has 0 bridgehead atoms. The molecule has 1 saturated heterocycles. The number of carboxylic acids is 1. The molecule has 1 aromatic heterocycles. The van der Waals surface area contributed by atoms with Gasteiger partial charge in [-0.2, -0.15) is 5.10 Å². The quantitative estimate of drug-likeness (QED) is 0.785. The molecule has 1 fully saturated rings. The Balaban J connectivity index is 2.41. The number of nitrogens with one attached hydrogen (secondary N) is 1. The third-order valence-electron chi connectivity index (χ3n) is 3.43. The van der Waals surface area contributed by atoms with E-state index in [2.05, 4.69) is 10.4 Å². The van der Waals surface area contributed by atoms with Gasteiger partial charge in [-0.15, -0.1) is 0 Å². The molecule has 7 nitrogen and oxygen atoms in total. The molecular weight excluding hydrogens is 248 g/mol. The number of carbonyl (C=O) groups is 1. The zero-order chi connectivity index (χ0) is 14.0. The predicted octanol–water partition coefficient (Wildman–Crippen LogP) is -0.232. The summed E-state index contributed by atoms with van der Waals surface area (Å²) >= 11 is 0. The van der Waals surface area contributed by atoms with Gasteiger partial charge in [0.1, 0.15) is 6.04 Å². The Morgan fingerprint density at radius 1 is 1.47 bits per heavy atom. The largest absolute Gasteiger partial charge is 0.481 e. The number of aliphatic carboxylic acids is 1. The second-order valence-electron chi connectivity index (χ2n) is 4.66. The molecule has 1 aliphatic rings. The van der Waals surface area contributed by atoms with Gasteiger partial charge in [-0.25, -0.2) is 4.68 Å². The summed E-state index contributed by atoms with van der Waals surface area (Å²) in [5, 5.41) is 17.1. The van der Waals surface area contributed by atoms with Crippen LogP contribution in [0.5, 0.6) is 5.88 Å². The van der Waals surface area contributed by atoms with E-state index in [9.17, 15) is 9.90 Å². The first kappa shape index (κ1) is 13.8. The maximum absolute atomic E-state index is 11.7. The Morgan fingerprint density at radius 2 is 2.11 bits per heavy atom. The average Bonchev–Trinajstić information content (AvgIpc) is 2.65. The molecule has 19 heavy (non-hydrogen) atoms. The van der Waals surface area contributed by atoms with Crippen molar-refractivity contribution in [2.24, 2.45) is 7.05 Å². The lowest BCUT2D eigenvalue weighted by Crippen LogP contribution is -2.47. The SMILES string of the molecule is COc1c(C(C(=O)O)N2CCNCC2)c(C)nn1C. The first-order valence-corrected chi connectivity index (χ1v) is 6.31. The van der Waals surface area contributed by atoms with Crippen LogP contribution in [0.1, 0.15) is 17.3 Å². The first-order chi connectivity index (χ1) is 9.06. The van der Waals surface area contributed by atoms with Gasteiger partial charge in [0.05, 0.1) is 18.4 Å². The number of methoxy groups -OCH3 is 1. The van der Waals surface area contributed by atoms with Gasteiger partial charge in [0, 0.05) is 33.2 Å². The third-order valence-corrected chi connectivity index (χ3v) is 3.43. The highest BCUT2D eigenvalue weighted by Crippen LogP contribution is 2.32. The smallest absolute Gasteiger partial charge is 0.325 e. The van der Waals surface area contributed by atoms with Crippen molar-refractivity contribution in [1.29, 1.82) is 0 Å². The number of aryl methyl sites for hydroxylation is 2. The Hall–Kier alpha value is -1.60. The molecule has 0 aromatic carbocycles. The lowest BCUT2D eigenvalue weighted by Gasteiger charge is -2.32. The summed E-state index contributed by atoms with van der Waals surface area (Å²) in [5.74, 6) is -0.347. The Labute approximate surface area is 112 Å². The summed E-state index contributed by atoms with van der Waals surface area (Å²) in [6, 6.07) is -0.703. The summed E-state index contributed by atoms with van der Waals surface area (Å²) in [4.78, 5) is 13.6. The maximum atomic E-state index is 11.7. The van der Waals surface area contributed by atoms with Crippen LogP contribution in [-0.2, 0) is 11.8 Å². The molecule has 106 valence electrons. The van der Waals surface area contributed by atoms with Crippen LogP contribution >= 0.6 is 0 Å². The van der Waals surface area contributed by atoms with Gasteiger partial charge in [-0.05, 0) is 6.92 Å². The highest BCUT2D eigenvalue weighted by atomic mass is 16.5. The van der Waals surface area contributed by atoms with Crippen molar-refractivity contribution >= 4 is 5.97 Å². The van der Waals surface area contributed by atoms with Gasteiger partial charge in [0.25, 0.3) is 0 Å². The molecule has 0 saturated carbocycles. The van der Waals surface area contributed by atoms with Gasteiger partial charge in [-0.3, -0.25) is 9.69 Å². The third kappa shape index (κ3) is 2.57. The predicted molar refractivity (Wildman–Crippen MR) is 69.3 cm³/mol. The number of rotatable bonds is 4. The summed E-state index contributed by atoms with van der Waals surface area (Å²) in [6.45, 7) is 4.82. The fourth-order valence-electron chi connectivity index (χ4n) is 2.61. The van der Waals surface area contributed by atoms with Gasteiger partial charge in [-0.1, -0.05) is 0 Å². The number of hydrogen-bond acceptors (Lipinski definition) is 5. The maximum Gasteiger partial charge on any atom is 0.325 e. The number of nitrogens with zero attached hydrogens (tertiary/aromatic N) is 3. The van der Waals surface area contributed by atoms with E-state index >= 15 is 0 Å². The molecule has 1 atom stereocenters. The normalized spacial score (nSPS) is 18.3. The van der Waals surface area contributed by atoms with E-state index < -0.39 is 12.0 Å². The number of ether oxygens (including phenoxy) is 1. The van der Waals surface area contributed by atoms with E-state index in [1.165, 1.54) is 7.11 Å². The standard InChI is InChI=1S/C12H20N4O3/c1-8-9(11(19-3)15(2)14-8)10(12(17)18)16-6-4-13-5-7-16/h10,13H,4-7H2,1-3H3,(H,17,18). The van der Waals surface area contributed by atoms with E-state index in [4.69, 9.17) is 4.74 Å². The van der Waals surface area contributed by atoms with Gasteiger partial charge in [0.15, 0.2) is 0 Å². The minimum absolute atomic E-state index is 0.517. The zero-order valence-corrected chi connectivity index (χ0v) is 11.5. The van der Waals surface area contributed by atoms with Gasteiger partial charge >= 0.3 is 5.97 Å². The van der Waals surface area contributed by atoms with Crippen LogP contribution < -0.4 is 10.1 Å². The minimum Gasteiger partial charge on any atom is -0.481 e. The van der Waals surface area contributed by atoms with Crippen molar-refractivity contribution in [2.75, 3.05) is 33.3 Å². The molecule has 0 aliphatic carbocycles. The zero-order valence-electron chi connectivity index (χ0n) is 11.5. The lowest BCUT2D eigenvalue weighted by molar-refractivity contribution is -0.144. The molecule has 2 rings (SSSR count). The molecule has 7 heteroatoms. The Morgan fingerprint density at radius 3 is 2.63 bits per heavy atom. The summed E-state index contributed by atoms with van der Waals surface area (Å²) < 4.78 is 6.90. The minimum atomic E-state index is -0.865. The van der Waals surface area contributed by atoms with Crippen LogP contribution in [0, 0.1) is 6.92 Å². The highest BCUT2D eigenvalue weighted by molar-refractivity contribution is 5.77. The van der Waals surface area contributed by atoms with Gasteiger partial charge < -0.3 is 15.2 Å². The van der Waals surface area contributed by atoms with E-state index in [0.717, 1.165) is 13.1 Å². The number of aromatic nitrogens is 2. The van der Waals surface area contributed by atoms with Crippen molar-refractivity contribution in [1.82, 2.24) is 20.0 Å². The highest BCUT2D eigenvalue weighted by Gasteiger charge is 2.34. The molecule has 2 N–H and O–H groups in total. The van der Waals surface area contributed by atoms with Crippen LogP contribution in [0.3, 0.4) is 0 Å². The van der Waals surface area contributed by atoms with E-state index in [0.29, 0.717) is 30.2 Å². The van der Waals surface area contributed by atoms with E-state index in [1.54, 1.807) is 11.7 Å². The topological polar surface area (TPSA) is 79.6 Å². The van der Waals surface area contributed by atoms with E-state index in [1.807, 2.05) is 11.8 Å². The Kier molecular flexibility index (Phi) is 4.06. The van der Waals surface area contributed by atoms with Crippen LogP contribution in [0.4, 0.5) is 0 Å². The van der Waals surface area contributed by atoms with Gasteiger partial charge in [0.2, 0.25) is 5.88 Å². The van der Waals surface area contributed by atoms with Crippen molar-refractivity contribution in [3.63, 3.8) is 0 Å². The van der Waals surface area contributed by atoms with Crippen LogP contribution in [-0.4, -0.2) is 59.0 Å². The second-order valence-corrected chi connectivity index (χ2v) is 4.66. The molecule has 0 spiro atoms. The molecule has 1 aromatic rings. The number of hydrogen-bond donors (Lipinski definition) is 2. The van der Waals surface area contributed by atoms with Crippen molar-refractivity contribution in [3.05, 3.63) is 11.3 Å². The average molecular weight is 268 g/mol. The van der Waals surface area contributed by atoms with E-state index in [-0.39, 0.29) is 0 Å². The number of piperazine rings is 1. The van der Waals surface area contributed by atoms with Crippen LogP contribution in [0.25, 0.3) is 0 Å². The molecule has 1 unspecified atom stereocenters. The molecule has 1 aliphatic heterocycles. The first-order valence-electron chi connectivity index (χ1n) is 6.31. The van der Waals surface area contributed by atoms with Crippen LogP contribution in [0.2, 0.25) is 0 Å². The second kappa shape index (κ2) is 5.58. The molecular formula is C12H20N4O3. The Bertz CT molecular complexity index is 466. The molecule has 0 radical (unpaired) electrons. The van der Waals surface area contributed by atoms with Crippen molar-refractivity contribution in [3.8, 4) is 5.88 Å². The summed E-state index contributed by atoms with van der Waals surface area (Å²) in [7, 11) is 3.29. The fraction of sp³-hybridized carbons (Fsp3) is 0.667. The molecule has 2 heterocycles.